The summed E-state index contributed by atoms with van der Waals surface area (Å²) in [6.07, 6.45) is 1.15. The van der Waals surface area contributed by atoms with Gasteiger partial charge in [0.15, 0.2) is 0 Å². The van der Waals surface area contributed by atoms with Crippen LogP contribution in [0, 0.1) is 10.1 Å². The summed E-state index contributed by atoms with van der Waals surface area (Å²) in [5, 5.41) is 16.9. The van der Waals surface area contributed by atoms with Gasteiger partial charge in [0.2, 0.25) is 5.91 Å². The number of hydrogen-bond donors (Lipinski definition) is 2. The van der Waals surface area contributed by atoms with Crippen LogP contribution in [0.5, 0.6) is 0 Å². The van der Waals surface area contributed by atoms with Crippen molar-refractivity contribution in [3.63, 3.8) is 0 Å². The number of carbonyl (C=O) groups is 2. The van der Waals surface area contributed by atoms with E-state index < -0.39 is 17.0 Å². The van der Waals surface area contributed by atoms with Crippen molar-refractivity contribution in [3.05, 3.63) is 62.6 Å². The van der Waals surface area contributed by atoms with Crippen molar-refractivity contribution in [2.24, 2.45) is 0 Å². The molecule has 1 aliphatic rings. The highest BCUT2D eigenvalue weighted by molar-refractivity contribution is 6.35. The molecule has 1 saturated heterocycles. The van der Waals surface area contributed by atoms with Crippen LogP contribution in [0.3, 0.4) is 0 Å². The second-order valence-corrected chi connectivity index (χ2v) is 7.05. The first kappa shape index (κ1) is 19.9. The number of nitrogens with one attached hydrogen (secondary N) is 2. The average Bonchev–Trinajstić information content (AvgIpc) is 3.15. The topological polar surface area (TPSA) is 105 Å². The third-order valence-electron chi connectivity index (χ3n) is 4.31. The molecule has 1 atom stereocenters. The van der Waals surface area contributed by atoms with Crippen LogP contribution in [0.2, 0.25) is 10.0 Å². The number of nitro benzene ring substituents is 1. The Kier molecular flexibility index (Phi) is 6.01. The maximum absolute atomic E-state index is 12.7. The Morgan fingerprint density at radius 3 is 2.68 bits per heavy atom. The number of hydrogen-bond acceptors (Lipinski definition) is 4. The summed E-state index contributed by atoms with van der Waals surface area (Å²) in [4.78, 5) is 37.0. The lowest BCUT2D eigenvalue weighted by molar-refractivity contribution is -0.384. The molecule has 2 aromatic rings. The van der Waals surface area contributed by atoms with E-state index in [0.29, 0.717) is 35.1 Å². The summed E-state index contributed by atoms with van der Waals surface area (Å²) in [5.41, 5.74) is 0.511. The Labute approximate surface area is 170 Å². The number of non-ortho nitro benzene ring substituents is 1. The zero-order valence-electron chi connectivity index (χ0n) is 14.5. The number of benzene rings is 2. The zero-order chi connectivity index (χ0) is 20.3. The summed E-state index contributed by atoms with van der Waals surface area (Å²) in [6.45, 7) is 0.391. The first-order chi connectivity index (χ1) is 13.3. The molecule has 2 N–H and O–H groups in total. The van der Waals surface area contributed by atoms with Crippen LogP contribution < -0.4 is 10.6 Å². The predicted molar refractivity (Wildman–Crippen MR) is 107 cm³/mol. The second-order valence-electron chi connectivity index (χ2n) is 6.20. The lowest BCUT2D eigenvalue weighted by Gasteiger charge is -2.24. The van der Waals surface area contributed by atoms with Gasteiger partial charge in [-0.3, -0.25) is 14.9 Å². The molecule has 2 aromatic carbocycles. The Morgan fingerprint density at radius 1 is 1.14 bits per heavy atom. The molecular weight excluding hydrogens is 407 g/mol. The molecule has 3 amide bonds. The molecule has 1 fully saturated rings. The van der Waals surface area contributed by atoms with Gasteiger partial charge in [-0.25, -0.2) is 4.79 Å². The largest absolute Gasteiger partial charge is 0.323 e. The third-order valence-corrected chi connectivity index (χ3v) is 4.88. The van der Waals surface area contributed by atoms with E-state index in [-0.39, 0.29) is 17.3 Å². The first-order valence-corrected chi connectivity index (χ1v) is 9.19. The van der Waals surface area contributed by atoms with E-state index in [2.05, 4.69) is 10.6 Å². The van der Waals surface area contributed by atoms with Crippen molar-refractivity contribution < 1.29 is 14.5 Å². The number of likely N-dealkylation sites (tertiary alicyclic amines) is 1. The maximum Gasteiger partial charge on any atom is 0.322 e. The number of carbonyl (C=O) groups excluding carboxylic acids is 2. The van der Waals surface area contributed by atoms with Crippen LogP contribution in [0.15, 0.2) is 42.5 Å². The first-order valence-electron chi connectivity index (χ1n) is 8.43. The number of anilines is 2. The van der Waals surface area contributed by atoms with Gasteiger partial charge < -0.3 is 15.5 Å². The normalized spacial score (nSPS) is 15.9. The van der Waals surface area contributed by atoms with Gasteiger partial charge in [0.25, 0.3) is 5.69 Å². The summed E-state index contributed by atoms with van der Waals surface area (Å²) in [7, 11) is 0. The van der Waals surface area contributed by atoms with E-state index >= 15 is 0 Å². The molecule has 10 heteroatoms. The molecule has 0 radical (unpaired) electrons. The van der Waals surface area contributed by atoms with Crippen molar-refractivity contribution >= 4 is 52.2 Å². The van der Waals surface area contributed by atoms with Crippen LogP contribution in [0.1, 0.15) is 12.8 Å². The van der Waals surface area contributed by atoms with E-state index in [0.717, 1.165) is 0 Å². The lowest BCUT2D eigenvalue weighted by atomic mass is 10.2. The van der Waals surface area contributed by atoms with Crippen molar-refractivity contribution in [3.8, 4) is 0 Å². The molecule has 3 rings (SSSR count). The SMILES string of the molecule is O=C(Nc1cc(Cl)ccc1Cl)[C@@H]1CCCN1C(=O)Nc1cccc([N+](=O)[O-])c1. The molecule has 0 aliphatic carbocycles. The van der Waals surface area contributed by atoms with E-state index in [1.54, 1.807) is 18.2 Å². The summed E-state index contributed by atoms with van der Waals surface area (Å²) in [6, 6.07) is 9.12. The smallest absolute Gasteiger partial charge is 0.322 e. The van der Waals surface area contributed by atoms with E-state index in [9.17, 15) is 19.7 Å². The van der Waals surface area contributed by atoms with Gasteiger partial charge in [0.05, 0.1) is 15.6 Å². The average molecular weight is 423 g/mol. The monoisotopic (exact) mass is 422 g/mol. The molecule has 1 aliphatic heterocycles. The zero-order valence-corrected chi connectivity index (χ0v) is 16.0. The van der Waals surface area contributed by atoms with Gasteiger partial charge in [-0.15, -0.1) is 0 Å². The fourth-order valence-electron chi connectivity index (χ4n) is 2.98. The van der Waals surface area contributed by atoms with Crippen LogP contribution in [0.25, 0.3) is 0 Å². The molecule has 28 heavy (non-hydrogen) atoms. The standard InChI is InChI=1S/C18H16Cl2N4O4/c19-11-6-7-14(20)15(9-11)22-17(25)16-5-2-8-23(16)18(26)21-12-3-1-4-13(10-12)24(27)28/h1,3-4,6-7,9-10,16H,2,5,8H2,(H,21,26)(H,22,25)/t16-/m0/s1. The van der Waals surface area contributed by atoms with Crippen molar-refractivity contribution in [2.45, 2.75) is 18.9 Å². The van der Waals surface area contributed by atoms with Gasteiger partial charge >= 0.3 is 6.03 Å². The fraction of sp³-hybridized carbons (Fsp3) is 0.222. The highest BCUT2D eigenvalue weighted by Crippen LogP contribution is 2.27. The number of nitrogens with zero attached hydrogens (tertiary/aromatic N) is 2. The predicted octanol–water partition coefficient (Wildman–Crippen LogP) is 4.54. The molecule has 0 saturated carbocycles. The van der Waals surface area contributed by atoms with E-state index in [1.807, 2.05) is 0 Å². The number of urea groups is 1. The van der Waals surface area contributed by atoms with Gasteiger partial charge in [-0.2, -0.15) is 0 Å². The minimum absolute atomic E-state index is 0.135. The minimum atomic E-state index is -0.686. The van der Waals surface area contributed by atoms with Gasteiger partial charge in [-0.05, 0) is 37.1 Å². The van der Waals surface area contributed by atoms with Gasteiger partial charge in [0.1, 0.15) is 6.04 Å². The maximum atomic E-state index is 12.7. The number of rotatable bonds is 4. The summed E-state index contributed by atoms with van der Waals surface area (Å²) >= 11 is 12.0. The van der Waals surface area contributed by atoms with Crippen molar-refractivity contribution in [1.82, 2.24) is 4.90 Å². The van der Waals surface area contributed by atoms with Crippen molar-refractivity contribution in [2.75, 3.05) is 17.2 Å². The number of halogens is 2. The number of nitro groups is 1. The molecule has 8 nitrogen and oxygen atoms in total. The highest BCUT2D eigenvalue weighted by atomic mass is 35.5. The van der Waals surface area contributed by atoms with Crippen LogP contribution in [-0.4, -0.2) is 34.3 Å². The number of amides is 3. The molecule has 1 heterocycles. The Hall–Kier alpha value is -2.84. The van der Waals surface area contributed by atoms with Gasteiger partial charge in [0, 0.05) is 29.4 Å². The Bertz CT molecular complexity index is 938. The minimum Gasteiger partial charge on any atom is -0.323 e. The van der Waals surface area contributed by atoms with Crippen LogP contribution in [0.4, 0.5) is 21.9 Å². The lowest BCUT2D eigenvalue weighted by Crippen LogP contribution is -2.45. The fourth-order valence-corrected chi connectivity index (χ4v) is 3.32. The Balaban J connectivity index is 1.70. The highest BCUT2D eigenvalue weighted by Gasteiger charge is 2.34. The summed E-state index contributed by atoms with van der Waals surface area (Å²) in [5.74, 6) is -0.379. The van der Waals surface area contributed by atoms with E-state index in [4.69, 9.17) is 23.2 Å². The second kappa shape index (κ2) is 8.45. The van der Waals surface area contributed by atoms with Crippen LogP contribution in [-0.2, 0) is 4.79 Å². The molecule has 0 spiro atoms. The molecule has 0 bridgehead atoms. The third kappa shape index (κ3) is 4.52. The molecule has 0 unspecified atom stereocenters. The van der Waals surface area contributed by atoms with E-state index in [1.165, 1.54) is 29.2 Å². The quantitative estimate of drug-likeness (QED) is 0.557. The molecular formula is C18H16Cl2N4O4. The van der Waals surface area contributed by atoms with Gasteiger partial charge in [-0.1, -0.05) is 29.3 Å². The molecule has 0 aromatic heterocycles. The van der Waals surface area contributed by atoms with Crippen molar-refractivity contribution in [1.29, 1.82) is 0 Å². The molecule has 146 valence electrons. The van der Waals surface area contributed by atoms with Crippen LogP contribution >= 0.6 is 23.2 Å². The summed E-state index contributed by atoms with van der Waals surface area (Å²) < 4.78 is 0. The Morgan fingerprint density at radius 2 is 1.93 bits per heavy atom.